The fourth-order valence-corrected chi connectivity index (χ4v) is 5.68. The predicted octanol–water partition coefficient (Wildman–Crippen LogP) is 6.79. The standard InChI is InChI=1S/C38H68N2O10/c1-6-7-8-9-10-11-14-17-20-23-27-39-35(45)25-22-19-16-13-12-15-18-21-24-28-40-38(46)37(50-33(5)44)36(49-32(4)43)34(48-31(3)42)26-29-47-30(2)41/h34,36-37H,6-29H2,1-5H3,(H,39,45)(H,40,46)/t34-,36+,37-/m1/s1. The van der Waals surface area contributed by atoms with Crippen molar-refractivity contribution >= 4 is 35.7 Å². The summed E-state index contributed by atoms with van der Waals surface area (Å²) in [5.41, 5.74) is 0. The molecule has 0 rings (SSSR count). The van der Waals surface area contributed by atoms with Gasteiger partial charge >= 0.3 is 23.9 Å². The summed E-state index contributed by atoms with van der Waals surface area (Å²) in [5.74, 6) is -3.36. The molecule has 50 heavy (non-hydrogen) atoms. The van der Waals surface area contributed by atoms with Crippen LogP contribution >= 0.6 is 0 Å². The van der Waals surface area contributed by atoms with Gasteiger partial charge in [0.2, 0.25) is 12.0 Å². The third kappa shape index (κ3) is 28.6. The summed E-state index contributed by atoms with van der Waals surface area (Å²) < 4.78 is 20.7. The summed E-state index contributed by atoms with van der Waals surface area (Å²) in [6.45, 7) is 7.77. The van der Waals surface area contributed by atoms with Gasteiger partial charge in [-0.15, -0.1) is 0 Å². The van der Waals surface area contributed by atoms with Crippen molar-refractivity contribution in [1.29, 1.82) is 0 Å². The summed E-state index contributed by atoms with van der Waals surface area (Å²) in [6.07, 6.45) is 18.2. The van der Waals surface area contributed by atoms with Gasteiger partial charge in [-0.2, -0.15) is 0 Å². The predicted molar refractivity (Wildman–Crippen MR) is 192 cm³/mol. The average Bonchev–Trinajstić information content (AvgIpc) is 3.04. The molecule has 0 spiro atoms. The van der Waals surface area contributed by atoms with Crippen LogP contribution in [0.15, 0.2) is 0 Å². The van der Waals surface area contributed by atoms with Crippen LogP contribution in [0.4, 0.5) is 0 Å². The summed E-state index contributed by atoms with van der Waals surface area (Å²) in [5, 5.41) is 5.79. The molecule has 0 saturated heterocycles. The number of hydrogen-bond donors (Lipinski definition) is 2. The van der Waals surface area contributed by atoms with Crippen LogP contribution in [0.2, 0.25) is 0 Å². The molecule has 290 valence electrons. The fraction of sp³-hybridized carbons (Fsp3) is 0.842. The van der Waals surface area contributed by atoms with Gasteiger partial charge in [-0.1, -0.05) is 110 Å². The highest BCUT2D eigenvalue weighted by molar-refractivity contribution is 5.84. The number of esters is 4. The lowest BCUT2D eigenvalue weighted by molar-refractivity contribution is -0.187. The molecule has 0 aliphatic carbocycles. The van der Waals surface area contributed by atoms with Crippen LogP contribution in [0.5, 0.6) is 0 Å². The van der Waals surface area contributed by atoms with E-state index in [1.54, 1.807) is 0 Å². The van der Waals surface area contributed by atoms with Crippen LogP contribution in [0.3, 0.4) is 0 Å². The van der Waals surface area contributed by atoms with Crippen LogP contribution in [-0.4, -0.2) is 73.7 Å². The van der Waals surface area contributed by atoms with Gasteiger partial charge in [0, 0.05) is 53.6 Å². The summed E-state index contributed by atoms with van der Waals surface area (Å²) in [4.78, 5) is 71.9. The van der Waals surface area contributed by atoms with Crippen LogP contribution in [0, 0.1) is 0 Å². The Morgan fingerprint density at radius 1 is 0.500 bits per heavy atom. The van der Waals surface area contributed by atoms with Gasteiger partial charge < -0.3 is 29.6 Å². The van der Waals surface area contributed by atoms with Crippen molar-refractivity contribution in [1.82, 2.24) is 10.6 Å². The van der Waals surface area contributed by atoms with Crippen LogP contribution < -0.4 is 10.6 Å². The minimum absolute atomic E-state index is 0.0864. The van der Waals surface area contributed by atoms with Crippen molar-refractivity contribution in [2.24, 2.45) is 0 Å². The van der Waals surface area contributed by atoms with Gasteiger partial charge in [0.05, 0.1) is 6.61 Å². The first-order chi connectivity index (χ1) is 24.0. The molecule has 0 heterocycles. The SMILES string of the molecule is CCCCCCCCCCCCNC(=O)CCCCCCCCCCCNC(=O)[C@H](OC(C)=O)[C@@H](OC(C)=O)[C@@H](CCOC(C)=O)OC(C)=O. The molecule has 0 unspecified atom stereocenters. The minimum Gasteiger partial charge on any atom is -0.466 e. The molecule has 0 bridgehead atoms. The number of nitrogens with one attached hydrogen (secondary N) is 2. The zero-order chi connectivity index (χ0) is 37.4. The van der Waals surface area contributed by atoms with E-state index in [9.17, 15) is 28.8 Å². The van der Waals surface area contributed by atoms with E-state index in [2.05, 4.69) is 17.6 Å². The van der Waals surface area contributed by atoms with Crippen LogP contribution in [0.25, 0.3) is 0 Å². The van der Waals surface area contributed by atoms with E-state index < -0.39 is 48.1 Å². The second kappa shape index (κ2) is 31.8. The molecule has 0 radical (unpaired) electrons. The molecule has 0 aromatic heterocycles. The molecule has 0 aromatic rings. The number of carbonyl (C=O) groups is 6. The average molecular weight is 713 g/mol. The highest BCUT2D eigenvalue weighted by Gasteiger charge is 2.41. The zero-order valence-electron chi connectivity index (χ0n) is 31.8. The van der Waals surface area contributed by atoms with Crippen LogP contribution in [-0.2, 0) is 47.7 Å². The highest BCUT2D eigenvalue weighted by atomic mass is 16.6. The second-order valence-corrected chi connectivity index (χ2v) is 13.1. The van der Waals surface area contributed by atoms with Gasteiger partial charge in [0.25, 0.3) is 5.91 Å². The van der Waals surface area contributed by atoms with E-state index >= 15 is 0 Å². The Bertz CT molecular complexity index is 958. The Hall–Kier alpha value is -3.18. The first-order valence-electron chi connectivity index (χ1n) is 19.2. The maximum absolute atomic E-state index is 13.1. The fourth-order valence-electron chi connectivity index (χ4n) is 5.68. The molecule has 0 aliphatic rings. The van der Waals surface area contributed by atoms with Gasteiger partial charge in [0.1, 0.15) is 6.10 Å². The van der Waals surface area contributed by atoms with E-state index in [0.717, 1.165) is 85.1 Å². The second-order valence-electron chi connectivity index (χ2n) is 13.1. The Kier molecular flexibility index (Phi) is 29.8. The lowest BCUT2D eigenvalue weighted by Crippen LogP contribution is -2.52. The lowest BCUT2D eigenvalue weighted by Gasteiger charge is -2.31. The van der Waals surface area contributed by atoms with E-state index in [1.807, 2.05) is 0 Å². The Balaban J connectivity index is 4.21. The topological polar surface area (TPSA) is 163 Å². The lowest BCUT2D eigenvalue weighted by atomic mass is 10.0. The molecule has 0 aromatic carbocycles. The first-order valence-corrected chi connectivity index (χ1v) is 19.2. The minimum atomic E-state index is -1.58. The summed E-state index contributed by atoms with van der Waals surface area (Å²) in [7, 11) is 0. The molecule has 0 aliphatic heterocycles. The molecule has 2 N–H and O–H groups in total. The van der Waals surface area contributed by atoms with Gasteiger partial charge in [-0.25, -0.2) is 0 Å². The van der Waals surface area contributed by atoms with Crippen molar-refractivity contribution in [3.63, 3.8) is 0 Å². The Morgan fingerprint density at radius 3 is 1.40 bits per heavy atom. The van der Waals surface area contributed by atoms with Gasteiger partial charge in [0.15, 0.2) is 6.10 Å². The Morgan fingerprint density at radius 2 is 0.940 bits per heavy atom. The monoisotopic (exact) mass is 712 g/mol. The normalized spacial score (nSPS) is 12.7. The van der Waals surface area contributed by atoms with Crippen molar-refractivity contribution < 1.29 is 47.7 Å². The maximum Gasteiger partial charge on any atom is 0.303 e. The molecule has 2 amide bonds. The van der Waals surface area contributed by atoms with Gasteiger partial charge in [-0.3, -0.25) is 28.8 Å². The quantitative estimate of drug-likeness (QED) is 0.0431. The summed E-state index contributed by atoms with van der Waals surface area (Å²) in [6, 6.07) is 0. The third-order valence-electron chi connectivity index (χ3n) is 8.28. The van der Waals surface area contributed by atoms with E-state index in [1.165, 1.54) is 64.7 Å². The van der Waals surface area contributed by atoms with Crippen molar-refractivity contribution in [3.8, 4) is 0 Å². The third-order valence-corrected chi connectivity index (χ3v) is 8.28. The van der Waals surface area contributed by atoms with E-state index in [4.69, 9.17) is 18.9 Å². The number of unbranched alkanes of at least 4 members (excludes halogenated alkanes) is 17. The number of rotatable bonds is 32. The van der Waals surface area contributed by atoms with E-state index in [-0.39, 0.29) is 18.9 Å². The van der Waals surface area contributed by atoms with E-state index in [0.29, 0.717) is 19.4 Å². The highest BCUT2D eigenvalue weighted by Crippen LogP contribution is 2.18. The van der Waals surface area contributed by atoms with Gasteiger partial charge in [-0.05, 0) is 19.3 Å². The smallest absolute Gasteiger partial charge is 0.303 e. The molecular formula is C38H68N2O10. The molecule has 0 saturated carbocycles. The summed E-state index contributed by atoms with van der Waals surface area (Å²) >= 11 is 0. The number of ether oxygens (including phenoxy) is 4. The molecule has 12 nitrogen and oxygen atoms in total. The van der Waals surface area contributed by atoms with Crippen LogP contribution in [0.1, 0.15) is 169 Å². The Labute approximate surface area is 301 Å². The maximum atomic E-state index is 13.1. The largest absolute Gasteiger partial charge is 0.466 e. The van der Waals surface area contributed by atoms with Crippen molar-refractivity contribution in [2.75, 3.05) is 19.7 Å². The molecular weight excluding hydrogens is 644 g/mol. The molecule has 0 fully saturated rings. The molecule has 3 atom stereocenters. The van der Waals surface area contributed by atoms with Crippen molar-refractivity contribution in [2.45, 2.75) is 188 Å². The number of hydrogen-bond acceptors (Lipinski definition) is 10. The number of amides is 2. The molecule has 12 heteroatoms. The number of carbonyl (C=O) groups excluding carboxylic acids is 6. The van der Waals surface area contributed by atoms with Crippen molar-refractivity contribution in [3.05, 3.63) is 0 Å². The first kappa shape index (κ1) is 46.8. The zero-order valence-corrected chi connectivity index (χ0v) is 31.8.